The van der Waals surface area contributed by atoms with Crippen molar-refractivity contribution in [2.45, 2.75) is 63.3 Å². The van der Waals surface area contributed by atoms with Gasteiger partial charge in [-0.25, -0.2) is 9.78 Å². The van der Waals surface area contributed by atoms with Crippen LogP contribution in [0.2, 0.25) is 0 Å². The summed E-state index contributed by atoms with van der Waals surface area (Å²) in [6.45, 7) is 4.53. The molecule has 0 saturated heterocycles. The van der Waals surface area contributed by atoms with E-state index in [9.17, 15) is 9.90 Å². The Morgan fingerprint density at radius 1 is 1.16 bits per heavy atom. The monoisotopic (exact) mass is 518 g/mol. The van der Waals surface area contributed by atoms with Gasteiger partial charge in [0.1, 0.15) is 6.61 Å². The van der Waals surface area contributed by atoms with E-state index in [1.165, 1.54) is 44.1 Å². The summed E-state index contributed by atoms with van der Waals surface area (Å²) in [7, 11) is 0. The third kappa shape index (κ3) is 5.91. The van der Waals surface area contributed by atoms with Gasteiger partial charge in [-0.15, -0.1) is 0 Å². The molecule has 0 bridgehead atoms. The molecule has 1 heterocycles. The summed E-state index contributed by atoms with van der Waals surface area (Å²) in [5, 5.41) is 9.28. The molecule has 1 atom stereocenters. The second kappa shape index (κ2) is 10.7. The van der Waals surface area contributed by atoms with Gasteiger partial charge in [0.05, 0.1) is 11.3 Å². The van der Waals surface area contributed by atoms with Crippen molar-refractivity contribution in [3.05, 3.63) is 65.2 Å². The van der Waals surface area contributed by atoms with E-state index >= 15 is 0 Å². The number of nitrogens with two attached hydrogens (primary N) is 1. The van der Waals surface area contributed by atoms with Crippen LogP contribution in [0.25, 0.3) is 11.3 Å². The first kappa shape index (κ1) is 25.5. The molecule has 4 N–H and O–H groups in total. The fraction of sp³-hybridized carbons (Fsp3) is 0.414. The van der Waals surface area contributed by atoms with Crippen LogP contribution in [0.3, 0.4) is 0 Å². The van der Waals surface area contributed by atoms with Gasteiger partial charge in [-0.05, 0) is 98.6 Å². The number of carboxylic acid groups (broad SMARTS) is 1. The molecule has 0 amide bonds. The molecule has 2 fully saturated rings. The molecule has 1 spiro atoms. The lowest BCUT2D eigenvalue weighted by Gasteiger charge is -2.55. The molecule has 1 unspecified atom stereocenters. The SMILES string of the molecule is Cc1cccc(C)c1-c1cc(OCC(N)CC2CC3(CCC3)C2)nc(NSc2cccc(C(=O)O)c2)n1. The number of nitrogens with zero attached hydrogens (tertiary/aromatic N) is 2. The molecule has 7 nitrogen and oxygen atoms in total. The van der Waals surface area contributed by atoms with E-state index in [0.29, 0.717) is 29.8 Å². The number of hydrogen-bond acceptors (Lipinski definition) is 7. The Morgan fingerprint density at radius 3 is 2.57 bits per heavy atom. The topological polar surface area (TPSA) is 110 Å². The van der Waals surface area contributed by atoms with Crippen LogP contribution >= 0.6 is 11.9 Å². The average molecular weight is 519 g/mol. The van der Waals surface area contributed by atoms with E-state index in [-0.39, 0.29) is 11.6 Å². The molecule has 2 saturated carbocycles. The zero-order chi connectivity index (χ0) is 26.0. The van der Waals surface area contributed by atoms with Gasteiger partial charge in [0.15, 0.2) is 0 Å². The second-order valence-corrected chi connectivity index (χ2v) is 11.5. The number of anilines is 1. The summed E-state index contributed by atoms with van der Waals surface area (Å²) in [5.41, 5.74) is 11.4. The maximum absolute atomic E-state index is 11.3. The lowest BCUT2D eigenvalue weighted by molar-refractivity contribution is -0.0314. The number of benzene rings is 2. The summed E-state index contributed by atoms with van der Waals surface area (Å²) in [6.07, 6.45) is 7.80. The predicted molar refractivity (Wildman–Crippen MR) is 147 cm³/mol. The minimum Gasteiger partial charge on any atom is -0.478 e. The Hall–Kier alpha value is -3.10. The standard InChI is InChI=1S/C29H34N4O3S/c1-18-6-3-7-19(2)26(18)24-14-25(36-17-22(30)12-20-15-29(16-20)10-5-11-29)32-28(31-24)33-37-23-9-4-8-21(13-23)27(34)35/h3-4,6-9,13-14,20,22H,5,10-12,15-17,30H2,1-2H3,(H,34,35)(H,31,32,33). The minimum absolute atomic E-state index is 0.0365. The van der Waals surface area contributed by atoms with Crippen molar-refractivity contribution in [2.75, 3.05) is 11.3 Å². The Labute approximate surface area is 222 Å². The van der Waals surface area contributed by atoms with Gasteiger partial charge in [0, 0.05) is 22.6 Å². The molecule has 3 aromatic rings. The zero-order valence-corrected chi connectivity index (χ0v) is 22.2. The minimum atomic E-state index is -0.965. The lowest BCUT2D eigenvalue weighted by atomic mass is 9.51. The normalized spacial score (nSPS) is 17.1. The van der Waals surface area contributed by atoms with E-state index < -0.39 is 5.97 Å². The number of aromatic carboxylic acids is 1. The van der Waals surface area contributed by atoms with Crippen molar-refractivity contribution >= 4 is 23.9 Å². The van der Waals surface area contributed by atoms with Crippen LogP contribution in [0.15, 0.2) is 53.4 Å². The van der Waals surface area contributed by atoms with Crippen LogP contribution in [0.1, 0.15) is 60.0 Å². The fourth-order valence-electron chi connectivity index (χ4n) is 5.79. The first-order valence-corrected chi connectivity index (χ1v) is 13.7. The van der Waals surface area contributed by atoms with Crippen LogP contribution in [0.4, 0.5) is 5.95 Å². The molecule has 37 heavy (non-hydrogen) atoms. The van der Waals surface area contributed by atoms with Crippen LogP contribution < -0.4 is 15.2 Å². The summed E-state index contributed by atoms with van der Waals surface area (Å²) in [6, 6.07) is 14.7. The number of aromatic nitrogens is 2. The number of aryl methyl sites for hydroxylation is 2. The van der Waals surface area contributed by atoms with Crippen LogP contribution in [0, 0.1) is 25.2 Å². The Balaban J connectivity index is 1.31. The number of hydrogen-bond donors (Lipinski definition) is 3. The van der Waals surface area contributed by atoms with Crippen molar-refractivity contribution in [2.24, 2.45) is 17.1 Å². The fourth-order valence-corrected chi connectivity index (χ4v) is 6.43. The van der Waals surface area contributed by atoms with E-state index in [1.807, 2.05) is 18.2 Å². The first-order valence-electron chi connectivity index (χ1n) is 12.9. The quantitative estimate of drug-likeness (QED) is 0.270. The Kier molecular flexibility index (Phi) is 7.40. The number of carboxylic acids is 1. The largest absolute Gasteiger partial charge is 0.478 e. The molecular weight excluding hydrogens is 484 g/mol. The highest BCUT2D eigenvalue weighted by Gasteiger charge is 2.47. The van der Waals surface area contributed by atoms with Crippen LogP contribution in [0.5, 0.6) is 5.88 Å². The summed E-state index contributed by atoms with van der Waals surface area (Å²) >= 11 is 1.26. The maximum atomic E-state index is 11.3. The van der Waals surface area contributed by atoms with Crippen molar-refractivity contribution in [3.63, 3.8) is 0 Å². The third-order valence-corrected chi connectivity index (χ3v) is 8.49. The zero-order valence-electron chi connectivity index (χ0n) is 21.4. The van der Waals surface area contributed by atoms with Gasteiger partial charge in [0.2, 0.25) is 11.8 Å². The predicted octanol–water partition coefficient (Wildman–Crippen LogP) is 6.25. The van der Waals surface area contributed by atoms with E-state index in [1.54, 1.807) is 18.2 Å². The van der Waals surface area contributed by atoms with Crippen LogP contribution in [-0.2, 0) is 0 Å². The molecule has 2 aliphatic rings. The summed E-state index contributed by atoms with van der Waals surface area (Å²) in [5.74, 6) is 0.604. The van der Waals surface area contributed by atoms with Gasteiger partial charge < -0.3 is 15.6 Å². The highest BCUT2D eigenvalue weighted by Crippen LogP contribution is 2.59. The molecule has 0 aliphatic heterocycles. The average Bonchev–Trinajstić information content (AvgIpc) is 2.82. The van der Waals surface area contributed by atoms with Crippen LogP contribution in [-0.4, -0.2) is 33.7 Å². The van der Waals surface area contributed by atoms with Gasteiger partial charge in [-0.1, -0.05) is 30.7 Å². The molecule has 0 radical (unpaired) electrons. The van der Waals surface area contributed by atoms with Crippen molar-refractivity contribution in [3.8, 4) is 17.1 Å². The van der Waals surface area contributed by atoms with E-state index in [4.69, 9.17) is 15.5 Å². The second-order valence-electron chi connectivity index (χ2n) is 10.7. The molecule has 194 valence electrons. The van der Waals surface area contributed by atoms with Gasteiger partial charge in [-0.2, -0.15) is 4.98 Å². The molecular formula is C29H34N4O3S. The first-order chi connectivity index (χ1) is 17.8. The van der Waals surface area contributed by atoms with Crippen molar-refractivity contribution < 1.29 is 14.6 Å². The van der Waals surface area contributed by atoms with Gasteiger partial charge in [-0.3, -0.25) is 4.72 Å². The summed E-state index contributed by atoms with van der Waals surface area (Å²) < 4.78 is 9.28. The summed E-state index contributed by atoms with van der Waals surface area (Å²) in [4.78, 5) is 21.4. The molecule has 2 aromatic carbocycles. The van der Waals surface area contributed by atoms with E-state index in [0.717, 1.165) is 33.7 Å². The Bertz CT molecular complexity index is 1270. The maximum Gasteiger partial charge on any atom is 0.335 e. The number of nitrogens with one attached hydrogen (secondary N) is 1. The Morgan fingerprint density at radius 2 is 1.89 bits per heavy atom. The number of ether oxygens (including phenoxy) is 1. The molecule has 5 rings (SSSR count). The highest BCUT2D eigenvalue weighted by atomic mass is 32.2. The number of rotatable bonds is 10. The van der Waals surface area contributed by atoms with Gasteiger partial charge >= 0.3 is 5.97 Å². The lowest BCUT2D eigenvalue weighted by Crippen LogP contribution is -2.45. The van der Waals surface area contributed by atoms with Crippen molar-refractivity contribution in [1.82, 2.24) is 9.97 Å². The third-order valence-electron chi connectivity index (χ3n) is 7.72. The number of carbonyl (C=O) groups is 1. The van der Waals surface area contributed by atoms with Gasteiger partial charge in [0.25, 0.3) is 0 Å². The smallest absolute Gasteiger partial charge is 0.335 e. The molecule has 2 aliphatic carbocycles. The van der Waals surface area contributed by atoms with Crippen molar-refractivity contribution in [1.29, 1.82) is 0 Å². The molecule has 8 heteroatoms. The van der Waals surface area contributed by atoms with E-state index in [2.05, 4.69) is 35.7 Å². The molecule has 1 aromatic heterocycles. The highest BCUT2D eigenvalue weighted by molar-refractivity contribution is 8.00.